The van der Waals surface area contributed by atoms with Crippen LogP contribution in [0.3, 0.4) is 0 Å². The molecule has 0 saturated carbocycles. The Hall–Kier alpha value is -1.35. The third-order valence-electron chi connectivity index (χ3n) is 4.04. The van der Waals surface area contributed by atoms with E-state index in [0.29, 0.717) is 6.04 Å². The molecule has 1 unspecified atom stereocenters. The van der Waals surface area contributed by atoms with Crippen molar-refractivity contribution >= 4 is 11.0 Å². The van der Waals surface area contributed by atoms with Crippen LogP contribution in [0.4, 0.5) is 0 Å². The second-order valence-electron chi connectivity index (χ2n) is 5.22. The van der Waals surface area contributed by atoms with Gasteiger partial charge in [-0.15, -0.1) is 0 Å². The third kappa shape index (κ3) is 1.93. The van der Waals surface area contributed by atoms with Gasteiger partial charge in [0.25, 0.3) is 0 Å². The number of imidazole rings is 1. The first-order valence-electron chi connectivity index (χ1n) is 6.96. The van der Waals surface area contributed by atoms with Gasteiger partial charge in [-0.05, 0) is 37.4 Å². The summed E-state index contributed by atoms with van der Waals surface area (Å²) >= 11 is 0. The molecule has 96 valence electrons. The van der Waals surface area contributed by atoms with E-state index in [-0.39, 0.29) is 0 Å². The summed E-state index contributed by atoms with van der Waals surface area (Å²) in [6.45, 7) is 3.37. The van der Waals surface area contributed by atoms with Gasteiger partial charge in [-0.3, -0.25) is 0 Å². The van der Waals surface area contributed by atoms with Gasteiger partial charge < -0.3 is 9.88 Å². The first-order valence-corrected chi connectivity index (χ1v) is 6.96. The maximum Gasteiger partial charge on any atom is 0.111 e. The molecule has 18 heavy (non-hydrogen) atoms. The summed E-state index contributed by atoms with van der Waals surface area (Å²) < 4.78 is 2.29. The maximum absolute atomic E-state index is 4.81. The summed E-state index contributed by atoms with van der Waals surface area (Å²) in [6, 6.07) is 7.07. The number of nitrogens with zero attached hydrogens (tertiary/aromatic N) is 2. The monoisotopic (exact) mass is 243 g/mol. The lowest BCUT2D eigenvalue weighted by molar-refractivity contribution is 0.575. The molecule has 1 N–H and O–H groups in total. The highest BCUT2D eigenvalue weighted by Crippen LogP contribution is 2.21. The largest absolute Gasteiger partial charge is 0.331 e. The Bertz CT molecular complexity index is 550. The van der Waals surface area contributed by atoms with Crippen LogP contribution < -0.4 is 5.32 Å². The van der Waals surface area contributed by atoms with E-state index in [1.54, 1.807) is 0 Å². The summed E-state index contributed by atoms with van der Waals surface area (Å²) in [5, 5.41) is 3.55. The van der Waals surface area contributed by atoms with Crippen molar-refractivity contribution < 1.29 is 0 Å². The van der Waals surface area contributed by atoms with E-state index in [1.165, 1.54) is 29.7 Å². The summed E-state index contributed by atoms with van der Waals surface area (Å²) in [4.78, 5) is 4.81. The molecular weight excluding hydrogens is 222 g/mol. The zero-order chi connectivity index (χ0) is 12.5. The van der Waals surface area contributed by atoms with Gasteiger partial charge in [-0.1, -0.05) is 19.1 Å². The number of rotatable bonds is 3. The molecule has 1 aromatic carbocycles. The number of hydrogen-bond acceptors (Lipinski definition) is 2. The van der Waals surface area contributed by atoms with Gasteiger partial charge in [0.1, 0.15) is 5.82 Å². The quantitative estimate of drug-likeness (QED) is 0.897. The molecule has 1 saturated heterocycles. The molecule has 3 heteroatoms. The average molecular weight is 243 g/mol. The topological polar surface area (TPSA) is 29.9 Å². The predicted octanol–water partition coefficient (Wildman–Crippen LogP) is 2.43. The van der Waals surface area contributed by atoms with Crippen molar-refractivity contribution in [2.45, 2.75) is 38.6 Å². The standard InChI is InChI=1S/C15H21N3/c1-3-11-6-4-8-13-15(11)18(2)14(17-13)10-12-7-5-9-16-12/h4,6,8,12,16H,3,5,7,9-10H2,1-2H3. The number of fused-ring (bicyclic) bond motifs is 1. The van der Waals surface area contributed by atoms with Crippen molar-refractivity contribution in [3.8, 4) is 0 Å². The Morgan fingerprint density at radius 1 is 1.44 bits per heavy atom. The van der Waals surface area contributed by atoms with Gasteiger partial charge in [0.2, 0.25) is 0 Å². The van der Waals surface area contributed by atoms with Crippen LogP contribution in [0.1, 0.15) is 31.2 Å². The van der Waals surface area contributed by atoms with Crippen molar-refractivity contribution in [1.82, 2.24) is 14.9 Å². The zero-order valence-corrected chi connectivity index (χ0v) is 11.2. The van der Waals surface area contributed by atoms with Gasteiger partial charge in [0, 0.05) is 19.5 Å². The summed E-state index contributed by atoms with van der Waals surface area (Å²) in [7, 11) is 2.15. The van der Waals surface area contributed by atoms with Crippen LogP contribution in [0.15, 0.2) is 18.2 Å². The molecule has 2 aromatic rings. The maximum atomic E-state index is 4.81. The fourth-order valence-electron chi connectivity index (χ4n) is 3.02. The molecule has 2 heterocycles. The summed E-state index contributed by atoms with van der Waals surface area (Å²) in [5.41, 5.74) is 3.85. The minimum absolute atomic E-state index is 0.616. The first-order chi connectivity index (χ1) is 8.79. The summed E-state index contributed by atoms with van der Waals surface area (Å²) in [6.07, 6.45) is 4.70. The molecule has 1 fully saturated rings. The van der Waals surface area contributed by atoms with E-state index in [1.807, 2.05) is 0 Å². The average Bonchev–Trinajstić information content (AvgIpc) is 2.99. The van der Waals surface area contributed by atoms with Gasteiger partial charge in [-0.2, -0.15) is 0 Å². The van der Waals surface area contributed by atoms with Crippen LogP contribution in [-0.4, -0.2) is 22.1 Å². The summed E-state index contributed by atoms with van der Waals surface area (Å²) in [5.74, 6) is 1.21. The molecule has 0 spiro atoms. The molecule has 1 aliphatic heterocycles. The van der Waals surface area contributed by atoms with Crippen molar-refractivity contribution in [1.29, 1.82) is 0 Å². The lowest BCUT2D eigenvalue weighted by Crippen LogP contribution is -2.25. The second kappa shape index (κ2) is 4.73. The van der Waals surface area contributed by atoms with Crippen LogP contribution in [0, 0.1) is 0 Å². The smallest absolute Gasteiger partial charge is 0.111 e. The fourth-order valence-corrected chi connectivity index (χ4v) is 3.02. The SMILES string of the molecule is CCc1cccc2nc(CC3CCCN3)n(C)c12. The number of aromatic nitrogens is 2. The highest BCUT2D eigenvalue weighted by Gasteiger charge is 2.18. The van der Waals surface area contributed by atoms with Gasteiger partial charge in [0.15, 0.2) is 0 Å². The number of benzene rings is 1. The van der Waals surface area contributed by atoms with E-state index >= 15 is 0 Å². The van der Waals surface area contributed by atoms with E-state index < -0.39 is 0 Å². The van der Waals surface area contributed by atoms with Crippen molar-refractivity contribution in [2.24, 2.45) is 7.05 Å². The molecule has 0 amide bonds. The Balaban J connectivity index is 2.00. The lowest BCUT2D eigenvalue weighted by Gasteiger charge is -2.10. The molecule has 1 aromatic heterocycles. The zero-order valence-electron chi connectivity index (χ0n) is 11.2. The van der Waals surface area contributed by atoms with Gasteiger partial charge in [-0.25, -0.2) is 4.98 Å². The molecular formula is C15H21N3. The molecule has 1 atom stereocenters. The highest BCUT2D eigenvalue weighted by molar-refractivity contribution is 5.79. The molecule has 3 nitrogen and oxygen atoms in total. The number of hydrogen-bond donors (Lipinski definition) is 1. The lowest BCUT2D eigenvalue weighted by atomic mass is 10.1. The minimum Gasteiger partial charge on any atom is -0.331 e. The van der Waals surface area contributed by atoms with Crippen molar-refractivity contribution in [2.75, 3.05) is 6.54 Å². The van der Waals surface area contributed by atoms with Crippen LogP contribution in [0.2, 0.25) is 0 Å². The molecule has 0 bridgehead atoms. The first kappa shape index (κ1) is 11.7. The van der Waals surface area contributed by atoms with Gasteiger partial charge in [0.05, 0.1) is 11.0 Å². The Morgan fingerprint density at radius 3 is 3.06 bits per heavy atom. The van der Waals surface area contributed by atoms with Crippen LogP contribution >= 0.6 is 0 Å². The number of nitrogens with one attached hydrogen (secondary N) is 1. The Labute approximate surface area is 108 Å². The minimum atomic E-state index is 0.616. The van der Waals surface area contributed by atoms with Crippen LogP contribution in [0.25, 0.3) is 11.0 Å². The Kier molecular flexibility index (Phi) is 3.08. The van der Waals surface area contributed by atoms with E-state index in [2.05, 4.69) is 42.1 Å². The normalized spacial score (nSPS) is 19.8. The second-order valence-corrected chi connectivity index (χ2v) is 5.22. The van der Waals surface area contributed by atoms with Crippen LogP contribution in [0.5, 0.6) is 0 Å². The molecule has 0 radical (unpaired) electrons. The Morgan fingerprint density at radius 2 is 2.33 bits per heavy atom. The van der Waals surface area contributed by atoms with E-state index in [9.17, 15) is 0 Å². The van der Waals surface area contributed by atoms with E-state index in [4.69, 9.17) is 4.98 Å². The van der Waals surface area contributed by atoms with Crippen LogP contribution in [-0.2, 0) is 19.9 Å². The third-order valence-corrected chi connectivity index (χ3v) is 4.04. The fraction of sp³-hybridized carbons (Fsp3) is 0.533. The van der Waals surface area contributed by atoms with Gasteiger partial charge >= 0.3 is 0 Å². The van der Waals surface area contributed by atoms with Crippen molar-refractivity contribution in [3.63, 3.8) is 0 Å². The van der Waals surface area contributed by atoms with E-state index in [0.717, 1.165) is 24.9 Å². The molecule has 0 aliphatic carbocycles. The van der Waals surface area contributed by atoms with Crippen molar-refractivity contribution in [3.05, 3.63) is 29.6 Å². The highest BCUT2D eigenvalue weighted by atomic mass is 15.1. The predicted molar refractivity (Wildman–Crippen MR) is 74.8 cm³/mol. The number of para-hydroxylation sites is 1. The number of aryl methyl sites for hydroxylation is 2. The molecule has 1 aliphatic rings. The molecule has 3 rings (SSSR count).